The van der Waals surface area contributed by atoms with E-state index in [9.17, 15) is 0 Å². The molecule has 124 valence electrons. The van der Waals surface area contributed by atoms with Crippen molar-refractivity contribution in [3.8, 4) is 0 Å². The molecule has 5 rings (SSSR count). The zero-order valence-electron chi connectivity index (χ0n) is 13.4. The molecule has 1 aliphatic rings. The van der Waals surface area contributed by atoms with Gasteiger partial charge in [-0.3, -0.25) is 4.98 Å². The third-order valence-electron chi connectivity index (χ3n) is 4.60. The lowest BCUT2D eigenvalue weighted by atomic mass is 10.00. The van der Waals surface area contributed by atoms with Crippen molar-refractivity contribution in [2.75, 3.05) is 11.4 Å². The molecule has 25 heavy (non-hydrogen) atoms. The van der Waals surface area contributed by atoms with E-state index in [1.807, 2.05) is 16.8 Å². The number of fused-ring (bicyclic) bond motifs is 2. The van der Waals surface area contributed by atoms with Gasteiger partial charge in [0.2, 0.25) is 0 Å². The molecule has 7 nitrogen and oxygen atoms in total. The number of aromatic amines is 1. The summed E-state index contributed by atoms with van der Waals surface area (Å²) in [7, 11) is 2.77. The maximum atomic E-state index is 4.81. The fourth-order valence-corrected chi connectivity index (χ4v) is 3.78. The lowest BCUT2D eigenvalue weighted by Gasteiger charge is -2.34. The Hall–Kier alpha value is -2.79. The molecule has 1 unspecified atom stereocenters. The Morgan fingerprint density at radius 1 is 1.24 bits per heavy atom. The van der Waals surface area contributed by atoms with Crippen LogP contribution in [0, 0.1) is 0 Å². The molecule has 0 saturated heterocycles. The van der Waals surface area contributed by atoms with Crippen molar-refractivity contribution in [2.24, 2.45) is 0 Å². The Labute approximate surface area is 146 Å². The molecule has 0 fully saturated rings. The number of rotatable bonds is 2. The van der Waals surface area contributed by atoms with Crippen molar-refractivity contribution in [3.05, 3.63) is 66.4 Å². The Kier molecular flexibility index (Phi) is 3.28. The second-order valence-electron chi connectivity index (χ2n) is 6.04. The number of hydrogen-bond donors (Lipinski definition) is 1. The first-order valence-corrected chi connectivity index (χ1v) is 8.67. The van der Waals surface area contributed by atoms with Gasteiger partial charge < -0.3 is 9.88 Å². The molecule has 5 heterocycles. The topological polar surface area (TPSA) is 75.0 Å². The van der Waals surface area contributed by atoms with Crippen molar-refractivity contribution in [1.82, 2.24) is 29.5 Å². The third kappa shape index (κ3) is 2.31. The highest BCUT2D eigenvalue weighted by Gasteiger charge is 2.33. The van der Waals surface area contributed by atoms with Gasteiger partial charge in [-0.2, -0.15) is 5.10 Å². The van der Waals surface area contributed by atoms with Gasteiger partial charge in [0, 0.05) is 37.3 Å². The Bertz CT molecular complexity index is 1040. The number of anilines is 1. The number of aromatic nitrogens is 6. The average Bonchev–Trinajstić information content (AvgIpc) is 3.29. The van der Waals surface area contributed by atoms with E-state index in [-0.39, 0.29) is 6.04 Å². The SMILES string of the molecule is Pc1cccn2nc([C@@H]3c4nc[nH]c4CCN3c3cnccn3)cc12. The van der Waals surface area contributed by atoms with E-state index >= 15 is 0 Å². The quantitative estimate of drug-likeness (QED) is 0.555. The normalized spacial score (nSPS) is 17.0. The smallest absolute Gasteiger partial charge is 0.147 e. The van der Waals surface area contributed by atoms with Crippen LogP contribution in [0.5, 0.6) is 0 Å². The second-order valence-corrected chi connectivity index (χ2v) is 6.66. The summed E-state index contributed by atoms with van der Waals surface area (Å²) in [4.78, 5) is 18.8. The maximum absolute atomic E-state index is 4.81. The molecule has 0 spiro atoms. The molecule has 2 atom stereocenters. The molecule has 4 aromatic rings. The fourth-order valence-electron chi connectivity index (χ4n) is 3.45. The minimum Gasteiger partial charge on any atom is -0.348 e. The predicted molar refractivity (Wildman–Crippen MR) is 98.0 cm³/mol. The van der Waals surface area contributed by atoms with Crippen molar-refractivity contribution in [3.63, 3.8) is 0 Å². The molecule has 0 radical (unpaired) electrons. The summed E-state index contributed by atoms with van der Waals surface area (Å²) in [5, 5.41) is 5.93. The highest BCUT2D eigenvalue weighted by atomic mass is 31.0. The van der Waals surface area contributed by atoms with E-state index in [2.05, 4.69) is 46.2 Å². The first kappa shape index (κ1) is 14.5. The molecule has 0 saturated carbocycles. The van der Waals surface area contributed by atoms with Gasteiger partial charge >= 0.3 is 0 Å². The van der Waals surface area contributed by atoms with E-state index in [4.69, 9.17) is 5.10 Å². The summed E-state index contributed by atoms with van der Waals surface area (Å²) in [6.45, 7) is 0.833. The summed E-state index contributed by atoms with van der Waals surface area (Å²) in [5.74, 6) is 0.837. The van der Waals surface area contributed by atoms with Gasteiger partial charge in [-0.25, -0.2) is 14.5 Å². The first-order chi connectivity index (χ1) is 12.3. The maximum Gasteiger partial charge on any atom is 0.147 e. The minimum absolute atomic E-state index is 0.0870. The van der Waals surface area contributed by atoms with E-state index in [0.29, 0.717) is 0 Å². The van der Waals surface area contributed by atoms with Crippen LogP contribution in [-0.2, 0) is 6.42 Å². The van der Waals surface area contributed by atoms with Gasteiger partial charge in [-0.15, -0.1) is 9.24 Å². The summed E-state index contributed by atoms with van der Waals surface area (Å²) >= 11 is 0. The van der Waals surface area contributed by atoms with Crippen LogP contribution in [0.15, 0.2) is 49.3 Å². The number of nitrogens with zero attached hydrogens (tertiary/aromatic N) is 6. The Balaban J connectivity index is 1.70. The van der Waals surface area contributed by atoms with Gasteiger partial charge in [-0.05, 0) is 17.4 Å². The third-order valence-corrected chi connectivity index (χ3v) is 5.09. The Morgan fingerprint density at radius 2 is 2.20 bits per heavy atom. The lowest BCUT2D eigenvalue weighted by molar-refractivity contribution is 0.609. The number of nitrogens with one attached hydrogen (secondary N) is 1. The zero-order chi connectivity index (χ0) is 16.8. The van der Waals surface area contributed by atoms with Crippen LogP contribution >= 0.6 is 9.24 Å². The van der Waals surface area contributed by atoms with Crippen molar-refractivity contribution in [1.29, 1.82) is 0 Å². The van der Waals surface area contributed by atoms with Crippen LogP contribution in [0.4, 0.5) is 5.82 Å². The monoisotopic (exact) mass is 349 g/mol. The van der Waals surface area contributed by atoms with E-state index in [1.54, 1.807) is 24.9 Å². The van der Waals surface area contributed by atoms with Crippen LogP contribution in [0.25, 0.3) is 5.52 Å². The van der Waals surface area contributed by atoms with Gasteiger partial charge in [0.05, 0.1) is 29.4 Å². The van der Waals surface area contributed by atoms with Crippen LogP contribution in [-0.4, -0.2) is 36.1 Å². The molecule has 8 heteroatoms. The summed E-state index contributed by atoms with van der Waals surface area (Å²) in [5.41, 5.74) is 4.19. The highest BCUT2D eigenvalue weighted by molar-refractivity contribution is 7.28. The zero-order valence-corrected chi connectivity index (χ0v) is 14.5. The van der Waals surface area contributed by atoms with Gasteiger partial charge in [-0.1, -0.05) is 6.07 Å². The summed E-state index contributed by atoms with van der Waals surface area (Å²) in [6, 6.07) is 6.09. The molecular formula is C17H16N7P. The number of imidazole rings is 1. The van der Waals surface area contributed by atoms with Crippen LogP contribution in [0.1, 0.15) is 23.1 Å². The fraction of sp³-hybridized carbons (Fsp3) is 0.176. The highest BCUT2D eigenvalue weighted by Crippen LogP contribution is 2.35. The van der Waals surface area contributed by atoms with Crippen LogP contribution in [0.2, 0.25) is 0 Å². The molecule has 1 aliphatic heterocycles. The van der Waals surface area contributed by atoms with Crippen LogP contribution < -0.4 is 10.2 Å². The van der Waals surface area contributed by atoms with Gasteiger partial charge in [0.1, 0.15) is 11.9 Å². The van der Waals surface area contributed by atoms with E-state index in [0.717, 1.165) is 46.7 Å². The van der Waals surface area contributed by atoms with Crippen molar-refractivity contribution in [2.45, 2.75) is 12.5 Å². The molecule has 0 amide bonds. The molecule has 1 N–H and O–H groups in total. The first-order valence-electron chi connectivity index (χ1n) is 8.10. The molecule has 0 bridgehead atoms. The largest absolute Gasteiger partial charge is 0.348 e. The minimum atomic E-state index is -0.0870. The van der Waals surface area contributed by atoms with Crippen molar-refractivity contribution >= 4 is 25.9 Å². The second kappa shape index (κ2) is 5.63. The molecule has 0 aliphatic carbocycles. The van der Waals surface area contributed by atoms with E-state index < -0.39 is 0 Å². The lowest BCUT2D eigenvalue weighted by Crippen LogP contribution is -2.37. The standard InChI is InChI=1S/C17H16N7P/c25-14-2-1-6-24-13(14)8-12(22-24)17-16-11(20-10-21-16)3-7-23(17)15-9-18-4-5-19-15/h1-2,4-6,8-10,17H,3,7,25H2,(H,20,21)/t17-/m1/s1. The number of hydrogen-bond acceptors (Lipinski definition) is 5. The number of pyridine rings is 1. The molecule has 4 aromatic heterocycles. The van der Waals surface area contributed by atoms with Crippen LogP contribution in [0.3, 0.4) is 0 Å². The average molecular weight is 349 g/mol. The summed E-state index contributed by atoms with van der Waals surface area (Å²) < 4.78 is 1.91. The Morgan fingerprint density at radius 3 is 3.04 bits per heavy atom. The molecule has 0 aromatic carbocycles. The van der Waals surface area contributed by atoms with E-state index in [1.165, 1.54) is 0 Å². The van der Waals surface area contributed by atoms with Crippen molar-refractivity contribution < 1.29 is 0 Å². The number of H-pyrrole nitrogens is 1. The van der Waals surface area contributed by atoms with Gasteiger partial charge in [0.25, 0.3) is 0 Å². The summed E-state index contributed by atoms with van der Waals surface area (Å²) in [6.07, 6.45) is 9.82. The molecular weight excluding hydrogens is 333 g/mol. The van der Waals surface area contributed by atoms with Gasteiger partial charge in [0.15, 0.2) is 0 Å². The predicted octanol–water partition coefficient (Wildman–Crippen LogP) is 1.50.